The Balaban J connectivity index is 1.54. The molecule has 0 unspecified atom stereocenters. The van der Waals surface area contributed by atoms with Gasteiger partial charge in [0.1, 0.15) is 5.82 Å². The first-order chi connectivity index (χ1) is 13.0. The van der Waals surface area contributed by atoms with E-state index in [0.29, 0.717) is 16.4 Å². The molecule has 1 aliphatic heterocycles. The van der Waals surface area contributed by atoms with Gasteiger partial charge < -0.3 is 10.2 Å². The maximum Gasteiger partial charge on any atom is 0.303 e. The first-order valence-corrected chi connectivity index (χ1v) is 9.89. The third-order valence-electron chi connectivity index (χ3n) is 5.33. The van der Waals surface area contributed by atoms with Crippen LogP contribution in [0.3, 0.4) is 0 Å². The number of nitrogens with one attached hydrogen (secondary N) is 2. The fourth-order valence-corrected chi connectivity index (χ4v) is 4.18. The lowest BCUT2D eigenvalue weighted by molar-refractivity contribution is -0.126. The van der Waals surface area contributed by atoms with Gasteiger partial charge in [0, 0.05) is 31.9 Å². The normalized spacial score (nSPS) is 22.0. The molecule has 1 saturated heterocycles. The monoisotopic (exact) mass is 396 g/mol. The van der Waals surface area contributed by atoms with Crippen molar-refractivity contribution in [1.82, 2.24) is 15.4 Å². The van der Waals surface area contributed by atoms with Gasteiger partial charge in [-0.15, -0.1) is 0 Å². The van der Waals surface area contributed by atoms with E-state index in [1.165, 1.54) is 56.4 Å². The van der Waals surface area contributed by atoms with E-state index in [9.17, 15) is 9.18 Å². The average Bonchev–Trinajstić information content (AvgIpc) is 3.11. The lowest BCUT2D eigenvalue weighted by atomic mass is 9.89. The van der Waals surface area contributed by atoms with Crippen LogP contribution in [-0.2, 0) is 4.79 Å². The Morgan fingerprint density at radius 3 is 2.85 bits per heavy atom. The second kappa shape index (κ2) is 9.48. The molecule has 0 spiro atoms. The number of carbonyl (C=O) groups is 1. The highest BCUT2D eigenvalue weighted by Crippen LogP contribution is 2.27. The summed E-state index contributed by atoms with van der Waals surface area (Å²) in [6, 6.07) is 1.83. The summed E-state index contributed by atoms with van der Waals surface area (Å²) in [5, 5.41) is 12.2. The zero-order valence-corrected chi connectivity index (χ0v) is 16.0. The molecule has 2 heterocycles. The number of likely N-dealkylation sites (tertiary alicyclic amines) is 1. The van der Waals surface area contributed by atoms with Crippen LogP contribution in [0.5, 0.6) is 0 Å². The van der Waals surface area contributed by atoms with Gasteiger partial charge >= 0.3 is 5.91 Å². The van der Waals surface area contributed by atoms with Crippen molar-refractivity contribution in [2.45, 2.75) is 44.6 Å². The summed E-state index contributed by atoms with van der Waals surface area (Å²) in [4.78, 5) is 17.8. The van der Waals surface area contributed by atoms with Gasteiger partial charge in [0.2, 0.25) is 0 Å². The lowest BCUT2D eigenvalue weighted by Crippen LogP contribution is -2.31. The number of carbonyl (C=O) groups excluding carboxylic acids is 1. The smallest absolute Gasteiger partial charge is 0.303 e. The first kappa shape index (κ1) is 20.0. The Kier molecular flexibility index (Phi) is 7.04. The number of nitrogens with zero attached hydrogens (tertiary/aromatic N) is 2. The molecule has 3 rings (SSSR count). The van der Waals surface area contributed by atoms with Crippen molar-refractivity contribution in [1.29, 1.82) is 0 Å². The molecule has 2 fully saturated rings. The lowest BCUT2D eigenvalue weighted by Gasteiger charge is -2.26. The highest BCUT2D eigenvalue weighted by molar-refractivity contribution is 6.33. The van der Waals surface area contributed by atoms with E-state index in [1.54, 1.807) is 0 Å². The summed E-state index contributed by atoms with van der Waals surface area (Å²) in [7, 11) is 0. The van der Waals surface area contributed by atoms with Crippen LogP contribution in [-0.4, -0.2) is 46.7 Å². The third-order valence-corrected chi connectivity index (χ3v) is 5.62. The molecule has 0 bridgehead atoms. The van der Waals surface area contributed by atoms with Gasteiger partial charge in [-0.2, -0.15) is 0 Å². The van der Waals surface area contributed by atoms with Crippen LogP contribution in [0, 0.1) is 5.92 Å². The second-order valence-corrected chi connectivity index (χ2v) is 7.83. The van der Waals surface area contributed by atoms with E-state index in [2.05, 4.69) is 15.2 Å². The molecule has 1 aromatic rings. The number of hydroxylamine groups is 1. The summed E-state index contributed by atoms with van der Waals surface area (Å²) < 4.78 is 13.5. The van der Waals surface area contributed by atoms with Gasteiger partial charge in [-0.1, -0.05) is 30.9 Å². The van der Waals surface area contributed by atoms with Crippen molar-refractivity contribution < 1.29 is 14.4 Å². The van der Waals surface area contributed by atoms with E-state index >= 15 is 0 Å². The quantitative estimate of drug-likeness (QED) is 0.389. The number of aromatic nitrogens is 1. The minimum absolute atomic E-state index is 0.289. The largest absolute Gasteiger partial charge is 0.365 e. The maximum absolute atomic E-state index is 13.5. The standard InChI is InChI=1S/C19H26ClFN4O2/c20-16-8-14(9-17(21)19(26)24-27)10-22-18(16)23-15-6-7-25(12-15)11-13-4-2-1-3-5-13/h8-10,13,15,27H,1-7,11-12H2,(H,22,23)(H,24,26)/b17-9-/t15-/m1/s1. The van der Waals surface area contributed by atoms with Crippen LogP contribution in [0.25, 0.3) is 6.08 Å². The van der Waals surface area contributed by atoms with Crippen molar-refractivity contribution in [3.05, 3.63) is 28.7 Å². The van der Waals surface area contributed by atoms with Gasteiger partial charge in [-0.3, -0.25) is 10.0 Å². The third kappa shape index (κ3) is 5.64. The number of pyridine rings is 1. The predicted molar refractivity (Wildman–Crippen MR) is 103 cm³/mol. The van der Waals surface area contributed by atoms with E-state index < -0.39 is 11.7 Å². The Bertz CT molecular complexity index is 694. The molecule has 0 radical (unpaired) electrons. The Morgan fingerprint density at radius 1 is 1.37 bits per heavy atom. The molecule has 1 aromatic heterocycles. The van der Waals surface area contributed by atoms with Crippen LogP contribution >= 0.6 is 11.6 Å². The zero-order chi connectivity index (χ0) is 19.2. The molecule has 1 aliphatic carbocycles. The van der Waals surface area contributed by atoms with E-state index in [1.807, 2.05) is 0 Å². The maximum atomic E-state index is 13.5. The summed E-state index contributed by atoms with van der Waals surface area (Å²) in [5.41, 5.74) is 1.58. The Hall–Kier alpha value is -1.70. The fraction of sp³-hybridized carbons (Fsp3) is 0.579. The molecule has 6 nitrogen and oxygen atoms in total. The zero-order valence-electron chi connectivity index (χ0n) is 15.3. The van der Waals surface area contributed by atoms with Gasteiger partial charge in [0.25, 0.3) is 0 Å². The predicted octanol–water partition coefficient (Wildman–Crippen LogP) is 3.62. The molecule has 1 atom stereocenters. The van der Waals surface area contributed by atoms with Crippen molar-refractivity contribution in [2.24, 2.45) is 5.92 Å². The minimum atomic E-state index is -1.21. The van der Waals surface area contributed by atoms with E-state index in [4.69, 9.17) is 16.8 Å². The molecular weight excluding hydrogens is 371 g/mol. The second-order valence-electron chi connectivity index (χ2n) is 7.43. The average molecular weight is 397 g/mol. The number of rotatable bonds is 6. The van der Waals surface area contributed by atoms with Crippen molar-refractivity contribution in [3.63, 3.8) is 0 Å². The highest BCUT2D eigenvalue weighted by atomic mass is 35.5. The number of hydrogen-bond donors (Lipinski definition) is 3. The van der Waals surface area contributed by atoms with Gasteiger partial charge in [0.05, 0.1) is 5.02 Å². The fourth-order valence-electron chi connectivity index (χ4n) is 3.95. The Labute approximate surface area is 163 Å². The molecule has 0 aromatic carbocycles. The van der Waals surface area contributed by atoms with Crippen LogP contribution in [0.15, 0.2) is 18.1 Å². The molecule has 3 N–H and O–H groups in total. The van der Waals surface area contributed by atoms with Crippen LogP contribution < -0.4 is 10.8 Å². The molecular formula is C19H26ClFN4O2. The molecule has 2 aliphatic rings. The first-order valence-electron chi connectivity index (χ1n) is 9.51. The van der Waals surface area contributed by atoms with Gasteiger partial charge in [-0.05, 0) is 42.9 Å². The summed E-state index contributed by atoms with van der Waals surface area (Å²) in [6.07, 6.45) is 10.2. The number of anilines is 1. The van der Waals surface area contributed by atoms with Crippen LogP contribution in [0.1, 0.15) is 44.1 Å². The molecule has 8 heteroatoms. The number of hydrogen-bond acceptors (Lipinski definition) is 5. The Morgan fingerprint density at radius 2 is 2.15 bits per heavy atom. The van der Waals surface area contributed by atoms with Crippen LogP contribution in [0.4, 0.5) is 10.2 Å². The van der Waals surface area contributed by atoms with Crippen LogP contribution in [0.2, 0.25) is 5.02 Å². The summed E-state index contributed by atoms with van der Waals surface area (Å²) in [6.45, 7) is 3.23. The minimum Gasteiger partial charge on any atom is -0.365 e. The number of amides is 1. The van der Waals surface area contributed by atoms with Gasteiger partial charge in [0.15, 0.2) is 5.83 Å². The van der Waals surface area contributed by atoms with E-state index in [-0.39, 0.29) is 6.04 Å². The van der Waals surface area contributed by atoms with Crippen molar-refractivity contribution in [2.75, 3.05) is 25.0 Å². The number of halogens is 2. The summed E-state index contributed by atoms with van der Waals surface area (Å²) >= 11 is 6.26. The highest BCUT2D eigenvalue weighted by Gasteiger charge is 2.26. The van der Waals surface area contributed by atoms with E-state index in [0.717, 1.165) is 31.5 Å². The molecule has 27 heavy (non-hydrogen) atoms. The molecule has 1 saturated carbocycles. The topological polar surface area (TPSA) is 77.5 Å². The van der Waals surface area contributed by atoms with Crippen molar-refractivity contribution >= 4 is 29.4 Å². The summed E-state index contributed by atoms with van der Waals surface area (Å²) in [5.74, 6) is -0.941. The molecule has 148 valence electrons. The SMILES string of the molecule is O=C(NO)/C(F)=C/c1cnc(N[C@@H]2CCN(CC3CCCCC3)C2)c(Cl)c1. The molecule has 1 amide bonds. The van der Waals surface area contributed by atoms with Crippen molar-refractivity contribution in [3.8, 4) is 0 Å². The van der Waals surface area contributed by atoms with Gasteiger partial charge in [-0.25, -0.2) is 14.9 Å².